The van der Waals surface area contributed by atoms with Crippen LogP contribution in [0.3, 0.4) is 0 Å². The van der Waals surface area contributed by atoms with Crippen LogP contribution in [-0.2, 0) is 9.59 Å². The Balaban J connectivity index is 1.78. The Labute approximate surface area is 202 Å². The van der Waals surface area contributed by atoms with Gasteiger partial charge in [0, 0.05) is 34.3 Å². The SMILES string of the molecule is [NH3+]NC(=O)CSCC(=O)Nc1ccc(-c2c3ccc(=O)cc-3oc3cc(O)ccc23)c(C(=O)O)c1. The van der Waals surface area contributed by atoms with Gasteiger partial charge >= 0.3 is 5.97 Å². The molecule has 11 heteroatoms. The van der Waals surface area contributed by atoms with E-state index in [4.69, 9.17) is 4.42 Å². The summed E-state index contributed by atoms with van der Waals surface area (Å²) in [5.41, 5.74) is 3.76. The molecule has 7 N–H and O–H groups in total. The van der Waals surface area contributed by atoms with Gasteiger partial charge in [0.05, 0.1) is 17.1 Å². The second kappa shape index (κ2) is 9.87. The predicted molar refractivity (Wildman–Crippen MR) is 130 cm³/mol. The van der Waals surface area contributed by atoms with Crippen molar-refractivity contribution in [3.63, 3.8) is 0 Å². The molecular weight excluding hydrogens is 474 g/mol. The van der Waals surface area contributed by atoms with Gasteiger partial charge in [-0.25, -0.2) is 10.2 Å². The first-order valence-electron chi connectivity index (χ1n) is 10.3. The van der Waals surface area contributed by atoms with Gasteiger partial charge in [-0.15, -0.1) is 11.8 Å². The lowest BCUT2D eigenvalue weighted by molar-refractivity contribution is -0.426. The Hall–Kier alpha value is -4.35. The molecule has 2 aromatic carbocycles. The van der Waals surface area contributed by atoms with Crippen LogP contribution >= 0.6 is 11.8 Å². The number of fused-ring (bicyclic) bond motifs is 2. The van der Waals surface area contributed by atoms with Crippen molar-refractivity contribution < 1.29 is 34.9 Å². The first-order valence-corrected chi connectivity index (χ1v) is 11.4. The Morgan fingerprint density at radius 1 is 0.943 bits per heavy atom. The van der Waals surface area contributed by atoms with Crippen molar-refractivity contribution in [1.82, 2.24) is 5.43 Å². The molecule has 35 heavy (non-hydrogen) atoms. The van der Waals surface area contributed by atoms with Crippen LogP contribution < -0.4 is 22.0 Å². The van der Waals surface area contributed by atoms with Gasteiger partial charge in [-0.3, -0.25) is 20.2 Å². The van der Waals surface area contributed by atoms with E-state index in [0.29, 0.717) is 22.1 Å². The number of quaternary nitrogens is 1. The third kappa shape index (κ3) is 5.10. The van der Waals surface area contributed by atoms with Crippen LogP contribution in [0.5, 0.6) is 5.75 Å². The summed E-state index contributed by atoms with van der Waals surface area (Å²) < 4.78 is 5.81. The highest BCUT2D eigenvalue weighted by molar-refractivity contribution is 8.00. The van der Waals surface area contributed by atoms with E-state index in [1.807, 2.05) is 0 Å². The number of aromatic hydroxyl groups is 1. The van der Waals surface area contributed by atoms with Crippen LogP contribution in [0, 0.1) is 0 Å². The molecule has 0 aromatic heterocycles. The van der Waals surface area contributed by atoms with Crippen molar-refractivity contribution >= 4 is 46.2 Å². The predicted octanol–water partition coefficient (Wildman–Crippen LogP) is 1.91. The molecule has 1 aliphatic heterocycles. The number of carboxylic acid groups (broad SMARTS) is 1. The van der Waals surface area contributed by atoms with Crippen LogP contribution in [-0.4, -0.2) is 39.5 Å². The maximum absolute atomic E-state index is 12.2. The summed E-state index contributed by atoms with van der Waals surface area (Å²) in [5.74, 6) is 1.57. The fourth-order valence-corrected chi connectivity index (χ4v) is 4.30. The molecule has 2 aromatic rings. The van der Waals surface area contributed by atoms with Crippen LogP contribution in [0.1, 0.15) is 10.4 Å². The third-order valence-electron chi connectivity index (χ3n) is 5.14. The zero-order valence-corrected chi connectivity index (χ0v) is 19.0. The molecule has 0 unspecified atom stereocenters. The number of benzene rings is 3. The fourth-order valence-electron chi connectivity index (χ4n) is 3.65. The molecule has 0 atom stereocenters. The topological polar surface area (TPSA) is 174 Å². The van der Waals surface area contributed by atoms with E-state index in [9.17, 15) is 29.4 Å². The Morgan fingerprint density at radius 2 is 1.69 bits per heavy atom. The smallest absolute Gasteiger partial charge is 0.336 e. The molecule has 0 saturated carbocycles. The van der Waals surface area contributed by atoms with Crippen molar-refractivity contribution in [3.05, 3.63) is 70.4 Å². The zero-order valence-electron chi connectivity index (χ0n) is 18.2. The lowest BCUT2D eigenvalue weighted by atomic mass is 9.90. The lowest BCUT2D eigenvalue weighted by Crippen LogP contribution is -2.67. The number of phenolic OH excluding ortho intramolecular Hbond substituents is 1. The van der Waals surface area contributed by atoms with Gasteiger partial charge < -0.3 is 19.9 Å². The van der Waals surface area contributed by atoms with Gasteiger partial charge in [0.2, 0.25) is 5.91 Å². The molecule has 0 saturated heterocycles. The van der Waals surface area contributed by atoms with E-state index in [-0.39, 0.29) is 51.2 Å². The van der Waals surface area contributed by atoms with Crippen LogP contribution in [0.4, 0.5) is 5.69 Å². The molecule has 1 aliphatic carbocycles. The highest BCUT2D eigenvalue weighted by atomic mass is 32.2. The van der Waals surface area contributed by atoms with Crippen LogP contribution in [0.2, 0.25) is 0 Å². The maximum atomic E-state index is 12.2. The van der Waals surface area contributed by atoms with E-state index < -0.39 is 11.9 Å². The maximum Gasteiger partial charge on any atom is 0.336 e. The number of nitrogens with one attached hydrogen (secondary N) is 2. The van der Waals surface area contributed by atoms with Gasteiger partial charge in [-0.2, -0.15) is 0 Å². The van der Waals surface area contributed by atoms with Crippen molar-refractivity contribution in [3.8, 4) is 28.2 Å². The average Bonchev–Trinajstić information content (AvgIpc) is 2.82. The normalized spacial score (nSPS) is 10.9. The van der Waals surface area contributed by atoms with E-state index in [0.717, 1.165) is 11.8 Å². The summed E-state index contributed by atoms with van der Waals surface area (Å²) in [6.07, 6.45) is 0. The highest BCUT2D eigenvalue weighted by Gasteiger charge is 2.22. The first kappa shape index (κ1) is 23.8. The number of anilines is 1. The summed E-state index contributed by atoms with van der Waals surface area (Å²) in [5, 5.41) is 23.0. The molecule has 0 bridgehead atoms. The summed E-state index contributed by atoms with van der Waals surface area (Å²) >= 11 is 1.09. The summed E-state index contributed by atoms with van der Waals surface area (Å²) in [4.78, 5) is 47.6. The third-order valence-corrected chi connectivity index (χ3v) is 6.08. The number of hydrogen-bond donors (Lipinski definition) is 5. The molecule has 2 aliphatic rings. The standard InChI is InChI=1S/C24H19N3O7S/c25-27-22(31)11-35-10-21(30)26-12-1-4-15(18(7-12)24(32)33)23-16-5-2-13(28)8-19(16)34-20-9-14(29)3-6-17(20)23/h1-9,28H,10-11,25H2,(H,26,30)(H,27,31)(H,32,33)/p+1. The fraction of sp³-hybridized carbons (Fsp3) is 0.0833. The van der Waals surface area contributed by atoms with Crippen molar-refractivity contribution in [2.45, 2.75) is 0 Å². The number of amides is 2. The van der Waals surface area contributed by atoms with Gasteiger partial charge in [0.1, 0.15) is 17.1 Å². The van der Waals surface area contributed by atoms with Gasteiger partial charge in [-0.05, 0) is 42.0 Å². The minimum atomic E-state index is -1.22. The Kier molecular flexibility index (Phi) is 6.71. The van der Waals surface area contributed by atoms with E-state index in [1.165, 1.54) is 30.3 Å². The largest absolute Gasteiger partial charge is 0.508 e. The number of hydrogen-bond acceptors (Lipinski definition) is 7. The summed E-state index contributed by atoms with van der Waals surface area (Å²) in [7, 11) is 0. The van der Waals surface area contributed by atoms with E-state index >= 15 is 0 Å². The number of thioether (sulfide) groups is 1. The highest BCUT2D eigenvalue weighted by Crippen LogP contribution is 2.42. The summed E-state index contributed by atoms with van der Waals surface area (Å²) in [6, 6.07) is 13.1. The van der Waals surface area contributed by atoms with Crippen molar-refractivity contribution in [1.29, 1.82) is 0 Å². The monoisotopic (exact) mass is 494 g/mol. The number of rotatable bonds is 7. The number of aromatic carboxylic acids is 1. The Bertz CT molecular complexity index is 1500. The number of phenols is 1. The van der Waals surface area contributed by atoms with Crippen LogP contribution in [0.25, 0.3) is 33.4 Å². The number of carbonyl (C=O) groups is 3. The molecule has 0 fully saturated rings. The molecule has 0 spiro atoms. The molecule has 178 valence electrons. The Morgan fingerprint density at radius 3 is 2.43 bits per heavy atom. The lowest BCUT2D eigenvalue weighted by Gasteiger charge is -2.17. The second-order valence-corrected chi connectivity index (χ2v) is 8.51. The van der Waals surface area contributed by atoms with Gasteiger partial charge in [0.15, 0.2) is 5.43 Å². The second-order valence-electron chi connectivity index (χ2n) is 7.52. The molecule has 1 heterocycles. The minimum Gasteiger partial charge on any atom is -0.508 e. The van der Waals surface area contributed by atoms with E-state index in [1.54, 1.807) is 24.3 Å². The minimum absolute atomic E-state index is 0.00589. The molecular formula is C24H20N3O7S+. The first-order chi connectivity index (χ1) is 16.8. The van der Waals surface area contributed by atoms with Crippen LogP contribution in [0.15, 0.2) is 63.8 Å². The van der Waals surface area contributed by atoms with Gasteiger partial charge in [-0.1, -0.05) is 6.07 Å². The van der Waals surface area contributed by atoms with Crippen molar-refractivity contribution in [2.75, 3.05) is 16.8 Å². The van der Waals surface area contributed by atoms with Gasteiger partial charge in [0.25, 0.3) is 5.91 Å². The van der Waals surface area contributed by atoms with E-state index in [2.05, 4.69) is 16.6 Å². The molecule has 10 nitrogen and oxygen atoms in total. The average molecular weight is 495 g/mol. The molecule has 4 rings (SSSR count). The number of carboxylic acids is 1. The molecule has 0 radical (unpaired) electrons. The van der Waals surface area contributed by atoms with Crippen molar-refractivity contribution in [2.24, 2.45) is 0 Å². The number of carbonyl (C=O) groups excluding carboxylic acids is 2. The molecule has 2 amide bonds. The zero-order chi connectivity index (χ0) is 25.1. The quantitative estimate of drug-likeness (QED) is 0.191. The summed E-state index contributed by atoms with van der Waals surface area (Å²) in [6.45, 7) is 0.